The van der Waals surface area contributed by atoms with Gasteiger partial charge in [-0.3, -0.25) is 4.79 Å². The van der Waals surface area contributed by atoms with Crippen molar-refractivity contribution in [1.29, 1.82) is 0 Å². The number of rotatable bonds is 3. The molecular formula is C11H23NO3Si. The van der Waals surface area contributed by atoms with Gasteiger partial charge in [0.05, 0.1) is 12.7 Å². The zero-order valence-electron chi connectivity index (χ0n) is 10.9. The summed E-state index contributed by atoms with van der Waals surface area (Å²) in [5.74, 6) is -0.0384. The molecule has 1 aliphatic rings. The second-order valence-electron chi connectivity index (χ2n) is 5.81. The van der Waals surface area contributed by atoms with Gasteiger partial charge in [-0.15, -0.1) is 0 Å². The molecule has 1 aliphatic heterocycles. The summed E-state index contributed by atoms with van der Waals surface area (Å²) < 4.78 is 11.4. The first kappa shape index (κ1) is 13.7. The van der Waals surface area contributed by atoms with Crippen LogP contribution in [0.3, 0.4) is 0 Å². The van der Waals surface area contributed by atoms with E-state index in [1.165, 1.54) is 0 Å². The van der Waals surface area contributed by atoms with E-state index in [0.29, 0.717) is 13.2 Å². The summed E-state index contributed by atoms with van der Waals surface area (Å²) in [6.07, 6.45) is 0.00632. The van der Waals surface area contributed by atoms with E-state index in [0.717, 1.165) is 0 Å². The Morgan fingerprint density at radius 2 is 2.12 bits per heavy atom. The summed E-state index contributed by atoms with van der Waals surface area (Å²) >= 11 is 0. The van der Waals surface area contributed by atoms with Gasteiger partial charge in [0.15, 0.2) is 8.32 Å². The van der Waals surface area contributed by atoms with Crippen molar-refractivity contribution in [2.75, 3.05) is 19.8 Å². The van der Waals surface area contributed by atoms with E-state index < -0.39 is 8.32 Å². The molecule has 0 aromatic rings. The Hall–Kier alpha value is -0.393. The fourth-order valence-electron chi connectivity index (χ4n) is 1.16. The topological polar surface area (TPSA) is 47.6 Å². The average molecular weight is 245 g/mol. The number of amides is 1. The Balaban J connectivity index is 2.37. The first-order chi connectivity index (χ1) is 7.22. The first-order valence-electron chi connectivity index (χ1n) is 5.74. The number of hydrogen-bond acceptors (Lipinski definition) is 3. The highest BCUT2D eigenvalue weighted by Gasteiger charge is 2.37. The van der Waals surface area contributed by atoms with Crippen molar-refractivity contribution >= 4 is 14.2 Å². The smallest absolute Gasteiger partial charge is 0.246 e. The number of ether oxygens (including phenoxy) is 1. The van der Waals surface area contributed by atoms with Gasteiger partial charge in [-0.2, -0.15) is 0 Å². The number of carbonyl (C=O) groups excluding carboxylic acids is 1. The van der Waals surface area contributed by atoms with Gasteiger partial charge in [-0.1, -0.05) is 20.8 Å². The molecule has 1 saturated heterocycles. The number of morpholine rings is 1. The van der Waals surface area contributed by atoms with Gasteiger partial charge in [-0.25, -0.2) is 0 Å². The molecule has 0 radical (unpaired) electrons. The summed E-state index contributed by atoms with van der Waals surface area (Å²) in [6, 6.07) is 0. The Bertz CT molecular complexity index is 250. The lowest BCUT2D eigenvalue weighted by Gasteiger charge is -2.37. The van der Waals surface area contributed by atoms with E-state index in [1.54, 1.807) is 0 Å². The predicted molar refractivity (Wildman–Crippen MR) is 65.9 cm³/mol. The molecule has 1 fully saturated rings. The van der Waals surface area contributed by atoms with Gasteiger partial charge in [0, 0.05) is 6.54 Å². The van der Waals surface area contributed by atoms with Gasteiger partial charge >= 0.3 is 0 Å². The summed E-state index contributed by atoms with van der Waals surface area (Å²) in [4.78, 5) is 10.9. The SMILES string of the molecule is CC(C)(C)[Si](C)(C)OC[C@H]1CNC(=O)CO1. The molecule has 0 aliphatic carbocycles. The number of nitrogens with one attached hydrogen (secondary N) is 1. The van der Waals surface area contributed by atoms with Crippen LogP contribution in [0.25, 0.3) is 0 Å². The highest BCUT2D eigenvalue weighted by atomic mass is 28.4. The Morgan fingerprint density at radius 3 is 2.56 bits per heavy atom. The van der Waals surface area contributed by atoms with E-state index in [-0.39, 0.29) is 23.7 Å². The molecule has 94 valence electrons. The fourth-order valence-corrected chi connectivity index (χ4v) is 2.19. The van der Waals surface area contributed by atoms with Crippen LogP contribution in [0, 0.1) is 0 Å². The average Bonchev–Trinajstić information content (AvgIpc) is 2.15. The molecule has 4 nitrogen and oxygen atoms in total. The zero-order valence-corrected chi connectivity index (χ0v) is 11.9. The zero-order chi connectivity index (χ0) is 12.4. The van der Waals surface area contributed by atoms with E-state index in [2.05, 4.69) is 39.2 Å². The minimum Gasteiger partial charge on any atom is -0.414 e. The van der Waals surface area contributed by atoms with Crippen LogP contribution in [0.2, 0.25) is 18.1 Å². The van der Waals surface area contributed by atoms with Gasteiger partial charge < -0.3 is 14.5 Å². The number of carbonyl (C=O) groups is 1. The highest BCUT2D eigenvalue weighted by molar-refractivity contribution is 6.74. The Labute approximate surface area is 98.8 Å². The van der Waals surface area contributed by atoms with Crippen molar-refractivity contribution in [3.8, 4) is 0 Å². The predicted octanol–water partition coefficient (Wildman–Crippen LogP) is 1.52. The second-order valence-corrected chi connectivity index (χ2v) is 10.6. The van der Waals surface area contributed by atoms with Crippen LogP contribution >= 0.6 is 0 Å². The van der Waals surface area contributed by atoms with Crippen molar-refractivity contribution < 1.29 is 14.0 Å². The third kappa shape index (κ3) is 3.57. The second kappa shape index (κ2) is 4.85. The molecule has 0 saturated carbocycles. The van der Waals surface area contributed by atoms with Crippen molar-refractivity contribution in [2.45, 2.75) is 45.0 Å². The molecule has 1 heterocycles. The molecule has 1 rings (SSSR count). The summed E-state index contributed by atoms with van der Waals surface area (Å²) in [5, 5.41) is 2.99. The minimum atomic E-state index is -1.70. The monoisotopic (exact) mass is 245 g/mol. The van der Waals surface area contributed by atoms with Crippen LogP contribution in [0.15, 0.2) is 0 Å². The van der Waals surface area contributed by atoms with Crippen LogP contribution in [-0.2, 0) is 14.0 Å². The van der Waals surface area contributed by atoms with E-state index in [9.17, 15) is 4.79 Å². The summed E-state index contributed by atoms with van der Waals surface area (Å²) in [7, 11) is -1.70. The third-order valence-electron chi connectivity index (χ3n) is 3.41. The molecule has 1 N–H and O–H groups in total. The van der Waals surface area contributed by atoms with E-state index in [1.807, 2.05) is 0 Å². The van der Waals surface area contributed by atoms with Crippen molar-refractivity contribution in [1.82, 2.24) is 5.32 Å². The molecule has 1 amide bonds. The standard InChI is InChI=1S/C11H23NO3Si/c1-11(2,3)16(4,5)15-7-9-6-12-10(13)8-14-9/h9H,6-8H2,1-5H3,(H,12,13)/t9-/m1/s1. The lowest BCUT2D eigenvalue weighted by molar-refractivity contribution is -0.134. The molecular weight excluding hydrogens is 222 g/mol. The minimum absolute atomic E-state index is 0.00632. The van der Waals surface area contributed by atoms with E-state index >= 15 is 0 Å². The van der Waals surface area contributed by atoms with Crippen molar-refractivity contribution in [3.63, 3.8) is 0 Å². The van der Waals surface area contributed by atoms with Crippen LogP contribution in [0.4, 0.5) is 0 Å². The normalized spacial score (nSPS) is 23.1. The Kier molecular flexibility index (Phi) is 4.15. The molecule has 5 heteroatoms. The van der Waals surface area contributed by atoms with E-state index in [4.69, 9.17) is 9.16 Å². The maximum atomic E-state index is 10.9. The quantitative estimate of drug-likeness (QED) is 0.767. The molecule has 0 aromatic carbocycles. The van der Waals surface area contributed by atoms with Crippen molar-refractivity contribution in [2.24, 2.45) is 0 Å². The lowest BCUT2D eigenvalue weighted by atomic mass is 10.2. The van der Waals surface area contributed by atoms with Gasteiger partial charge in [0.1, 0.15) is 6.61 Å². The van der Waals surface area contributed by atoms with Crippen LogP contribution in [-0.4, -0.2) is 40.1 Å². The molecule has 0 bridgehead atoms. The first-order valence-corrected chi connectivity index (χ1v) is 8.65. The molecule has 0 aromatic heterocycles. The Morgan fingerprint density at radius 1 is 1.50 bits per heavy atom. The molecule has 1 atom stereocenters. The largest absolute Gasteiger partial charge is 0.414 e. The van der Waals surface area contributed by atoms with Crippen LogP contribution in [0.1, 0.15) is 20.8 Å². The van der Waals surface area contributed by atoms with Crippen LogP contribution < -0.4 is 5.32 Å². The fraction of sp³-hybridized carbons (Fsp3) is 0.909. The van der Waals surface area contributed by atoms with Gasteiger partial charge in [0.25, 0.3) is 0 Å². The number of hydrogen-bond donors (Lipinski definition) is 1. The summed E-state index contributed by atoms with van der Waals surface area (Å²) in [6.45, 7) is 12.4. The maximum absolute atomic E-state index is 10.9. The molecule has 0 spiro atoms. The molecule has 0 unspecified atom stereocenters. The lowest BCUT2D eigenvalue weighted by Crippen LogP contribution is -2.48. The van der Waals surface area contributed by atoms with Gasteiger partial charge in [-0.05, 0) is 18.1 Å². The third-order valence-corrected chi connectivity index (χ3v) is 7.91. The van der Waals surface area contributed by atoms with Crippen LogP contribution in [0.5, 0.6) is 0 Å². The van der Waals surface area contributed by atoms with Crippen molar-refractivity contribution in [3.05, 3.63) is 0 Å². The molecule has 16 heavy (non-hydrogen) atoms. The summed E-state index contributed by atoms with van der Waals surface area (Å²) in [5.41, 5.74) is 0. The van der Waals surface area contributed by atoms with Gasteiger partial charge in [0.2, 0.25) is 5.91 Å². The maximum Gasteiger partial charge on any atom is 0.246 e. The highest BCUT2D eigenvalue weighted by Crippen LogP contribution is 2.36.